The van der Waals surface area contributed by atoms with Crippen LogP contribution in [0.2, 0.25) is 0 Å². The Bertz CT molecular complexity index is 287. The second-order valence-corrected chi connectivity index (χ2v) is 3.52. The maximum atomic E-state index is 11.2. The molecule has 1 aromatic rings. The lowest BCUT2D eigenvalue weighted by Crippen LogP contribution is -2.26. The Morgan fingerprint density at radius 2 is 2.07 bits per heavy atom. The average Bonchev–Trinajstić information content (AvgIpc) is 2.19. The largest absolute Gasteiger partial charge is 0.350 e. The van der Waals surface area contributed by atoms with E-state index in [1.807, 2.05) is 37.3 Å². The van der Waals surface area contributed by atoms with Crippen LogP contribution in [0.25, 0.3) is 0 Å². The first-order chi connectivity index (χ1) is 6.74. The number of carbonyl (C=O) groups excluding carboxylic acids is 1. The smallest absolute Gasteiger partial charge is 0.221 e. The van der Waals surface area contributed by atoms with Gasteiger partial charge in [0.05, 0.1) is 6.04 Å². The summed E-state index contributed by atoms with van der Waals surface area (Å²) in [5, 5.41) is 2.87. The highest BCUT2D eigenvalue weighted by Crippen LogP contribution is 2.10. The van der Waals surface area contributed by atoms with Crippen LogP contribution in [0, 0.1) is 0 Å². The Balaban J connectivity index is 2.50. The number of amides is 1. The summed E-state index contributed by atoms with van der Waals surface area (Å²) in [5.41, 5.74) is 1.11. The Labute approximate surface area is 89.3 Å². The van der Waals surface area contributed by atoms with Gasteiger partial charge in [0.15, 0.2) is 0 Å². The molecule has 2 nitrogen and oxygen atoms in total. The molecule has 14 heavy (non-hydrogen) atoms. The normalized spacial score (nSPS) is 12.1. The number of benzene rings is 1. The van der Waals surface area contributed by atoms with Gasteiger partial charge in [0.1, 0.15) is 0 Å². The number of hydrogen-bond acceptors (Lipinski definition) is 1. The zero-order chi connectivity index (χ0) is 10.4. The van der Waals surface area contributed by atoms with Gasteiger partial charge in [-0.1, -0.05) is 30.3 Å². The minimum Gasteiger partial charge on any atom is -0.350 e. The van der Waals surface area contributed by atoms with Crippen LogP contribution in [0.3, 0.4) is 0 Å². The van der Waals surface area contributed by atoms with Gasteiger partial charge in [-0.15, -0.1) is 11.6 Å². The first-order valence-electron chi connectivity index (χ1n) is 4.64. The molecule has 0 bridgehead atoms. The molecule has 3 heteroatoms. The van der Waals surface area contributed by atoms with Crippen LogP contribution < -0.4 is 5.32 Å². The Morgan fingerprint density at radius 3 is 2.64 bits per heavy atom. The van der Waals surface area contributed by atoms with Crippen molar-refractivity contribution in [3.63, 3.8) is 0 Å². The van der Waals surface area contributed by atoms with E-state index in [0.29, 0.717) is 12.3 Å². The fourth-order valence-electron chi connectivity index (χ4n) is 1.22. The monoisotopic (exact) mass is 211 g/mol. The van der Waals surface area contributed by atoms with Crippen molar-refractivity contribution in [3.8, 4) is 0 Å². The summed E-state index contributed by atoms with van der Waals surface area (Å²) in [6.45, 7) is 1.96. The van der Waals surface area contributed by atoms with E-state index >= 15 is 0 Å². The molecule has 0 unspecified atom stereocenters. The summed E-state index contributed by atoms with van der Waals surface area (Å²) in [4.78, 5) is 11.2. The molecule has 76 valence electrons. The molecule has 0 radical (unpaired) electrons. The molecule has 0 aromatic heterocycles. The molecule has 1 amide bonds. The number of hydrogen-bond donors (Lipinski definition) is 1. The predicted octanol–water partition coefficient (Wildman–Crippen LogP) is 2.49. The highest BCUT2D eigenvalue weighted by atomic mass is 35.5. The molecule has 1 aromatic carbocycles. The highest BCUT2D eigenvalue weighted by Gasteiger charge is 2.07. The first-order valence-corrected chi connectivity index (χ1v) is 5.17. The van der Waals surface area contributed by atoms with Crippen molar-refractivity contribution in [1.82, 2.24) is 5.32 Å². The summed E-state index contributed by atoms with van der Waals surface area (Å²) < 4.78 is 0. The molecule has 0 fully saturated rings. The van der Waals surface area contributed by atoms with E-state index in [4.69, 9.17) is 11.6 Å². The lowest BCUT2D eigenvalue weighted by Gasteiger charge is -2.13. The summed E-state index contributed by atoms with van der Waals surface area (Å²) in [6.07, 6.45) is 0.374. The third-order valence-electron chi connectivity index (χ3n) is 2.00. The summed E-state index contributed by atoms with van der Waals surface area (Å²) in [5.74, 6) is 0.365. The fourth-order valence-corrected chi connectivity index (χ4v) is 1.40. The molecule has 0 saturated heterocycles. The number of halogens is 1. The molecule has 0 saturated carbocycles. The Kier molecular flexibility index (Phi) is 4.47. The van der Waals surface area contributed by atoms with Crippen LogP contribution in [0.5, 0.6) is 0 Å². The molecule has 0 heterocycles. The van der Waals surface area contributed by atoms with E-state index in [-0.39, 0.29) is 11.9 Å². The van der Waals surface area contributed by atoms with Gasteiger partial charge in [0.2, 0.25) is 5.91 Å². The van der Waals surface area contributed by atoms with E-state index in [0.717, 1.165) is 5.56 Å². The Hall–Kier alpha value is -1.02. The van der Waals surface area contributed by atoms with Crippen molar-refractivity contribution in [2.45, 2.75) is 19.4 Å². The number of alkyl halides is 1. The SMILES string of the molecule is C[C@@H](NC(=O)CCCl)c1ccccc1. The number of nitrogens with one attached hydrogen (secondary N) is 1. The van der Waals surface area contributed by atoms with Gasteiger partial charge in [-0.05, 0) is 12.5 Å². The maximum Gasteiger partial charge on any atom is 0.221 e. The van der Waals surface area contributed by atoms with Gasteiger partial charge >= 0.3 is 0 Å². The zero-order valence-electron chi connectivity index (χ0n) is 8.16. The van der Waals surface area contributed by atoms with Gasteiger partial charge in [-0.3, -0.25) is 4.79 Å². The molecule has 0 aliphatic carbocycles. The van der Waals surface area contributed by atoms with Crippen LogP contribution in [0.1, 0.15) is 24.9 Å². The van der Waals surface area contributed by atoms with Gasteiger partial charge in [0, 0.05) is 12.3 Å². The van der Waals surface area contributed by atoms with E-state index < -0.39 is 0 Å². The molecule has 0 aliphatic rings. The van der Waals surface area contributed by atoms with Crippen LogP contribution in [-0.2, 0) is 4.79 Å². The summed E-state index contributed by atoms with van der Waals surface area (Å²) >= 11 is 5.47. The average molecular weight is 212 g/mol. The molecule has 1 N–H and O–H groups in total. The van der Waals surface area contributed by atoms with Crippen LogP contribution >= 0.6 is 11.6 Å². The summed E-state index contributed by atoms with van der Waals surface area (Å²) in [6, 6.07) is 9.90. The third kappa shape index (κ3) is 3.38. The molecular formula is C11H14ClNO. The van der Waals surface area contributed by atoms with E-state index in [9.17, 15) is 4.79 Å². The second-order valence-electron chi connectivity index (χ2n) is 3.14. The third-order valence-corrected chi connectivity index (χ3v) is 2.19. The second kappa shape index (κ2) is 5.66. The minimum absolute atomic E-state index is 0.00338. The van der Waals surface area contributed by atoms with Crippen molar-refractivity contribution in [1.29, 1.82) is 0 Å². The number of carbonyl (C=O) groups is 1. The quantitative estimate of drug-likeness (QED) is 0.762. The zero-order valence-corrected chi connectivity index (χ0v) is 8.92. The predicted molar refractivity (Wildman–Crippen MR) is 58.3 cm³/mol. The van der Waals surface area contributed by atoms with Gasteiger partial charge in [-0.2, -0.15) is 0 Å². The van der Waals surface area contributed by atoms with Crippen molar-refractivity contribution in [3.05, 3.63) is 35.9 Å². The number of rotatable bonds is 4. The molecule has 0 aliphatic heterocycles. The highest BCUT2D eigenvalue weighted by molar-refractivity contribution is 6.18. The van der Waals surface area contributed by atoms with Crippen LogP contribution in [-0.4, -0.2) is 11.8 Å². The molecule has 0 spiro atoms. The van der Waals surface area contributed by atoms with Crippen molar-refractivity contribution in [2.24, 2.45) is 0 Å². The maximum absolute atomic E-state index is 11.2. The van der Waals surface area contributed by atoms with E-state index in [1.165, 1.54) is 0 Å². The van der Waals surface area contributed by atoms with Gasteiger partial charge in [-0.25, -0.2) is 0 Å². The van der Waals surface area contributed by atoms with Crippen molar-refractivity contribution in [2.75, 3.05) is 5.88 Å². The van der Waals surface area contributed by atoms with Crippen molar-refractivity contribution < 1.29 is 4.79 Å². The van der Waals surface area contributed by atoms with Gasteiger partial charge < -0.3 is 5.32 Å². The van der Waals surface area contributed by atoms with Crippen LogP contribution in [0.15, 0.2) is 30.3 Å². The standard InChI is InChI=1S/C11H14ClNO/c1-9(13-11(14)7-8-12)10-5-3-2-4-6-10/h2-6,9H,7-8H2,1H3,(H,13,14)/t9-/m1/s1. The summed E-state index contributed by atoms with van der Waals surface area (Å²) in [7, 11) is 0. The molecular weight excluding hydrogens is 198 g/mol. The minimum atomic E-state index is -0.00338. The fraction of sp³-hybridized carbons (Fsp3) is 0.364. The van der Waals surface area contributed by atoms with E-state index in [1.54, 1.807) is 0 Å². The lowest BCUT2D eigenvalue weighted by molar-refractivity contribution is -0.121. The first kappa shape index (κ1) is 11.1. The Morgan fingerprint density at radius 1 is 1.43 bits per heavy atom. The lowest BCUT2D eigenvalue weighted by atomic mass is 10.1. The van der Waals surface area contributed by atoms with Gasteiger partial charge in [0.25, 0.3) is 0 Å². The molecule has 1 atom stereocenters. The van der Waals surface area contributed by atoms with E-state index in [2.05, 4.69) is 5.32 Å². The van der Waals surface area contributed by atoms with Crippen molar-refractivity contribution >= 4 is 17.5 Å². The molecule has 1 rings (SSSR count). The van der Waals surface area contributed by atoms with Crippen LogP contribution in [0.4, 0.5) is 0 Å². The topological polar surface area (TPSA) is 29.1 Å².